The number of aromatic nitrogens is 2. The summed E-state index contributed by atoms with van der Waals surface area (Å²) in [5, 5.41) is 3.73. The molecule has 0 bridgehead atoms. The molecule has 6 heteroatoms. The molecular weight excluding hydrogens is 273 g/mol. The molecule has 2 aromatic rings. The highest BCUT2D eigenvalue weighted by atomic mass is 35.5. The summed E-state index contributed by atoms with van der Waals surface area (Å²) in [5.74, 6) is 2.16. The van der Waals surface area contributed by atoms with Crippen LogP contribution in [-0.4, -0.2) is 17.0 Å². The Hall–Kier alpha value is -1.52. The molecule has 0 atom stereocenters. The number of halogens is 2. The Morgan fingerprint density at radius 3 is 2.72 bits per heavy atom. The third-order valence-electron chi connectivity index (χ3n) is 2.20. The maximum Gasteiger partial charge on any atom is 0.224 e. The van der Waals surface area contributed by atoms with E-state index in [2.05, 4.69) is 15.3 Å². The van der Waals surface area contributed by atoms with E-state index in [0.717, 1.165) is 0 Å². The number of rotatable bonds is 3. The minimum Gasteiger partial charge on any atom is -0.437 e. The summed E-state index contributed by atoms with van der Waals surface area (Å²) in [6.07, 6.45) is 0. The smallest absolute Gasteiger partial charge is 0.224 e. The van der Waals surface area contributed by atoms with Gasteiger partial charge in [0.25, 0.3) is 0 Å². The summed E-state index contributed by atoms with van der Waals surface area (Å²) in [6.45, 7) is 1.78. The van der Waals surface area contributed by atoms with Gasteiger partial charge >= 0.3 is 0 Å². The topological polar surface area (TPSA) is 47.0 Å². The van der Waals surface area contributed by atoms with Crippen LogP contribution in [0.25, 0.3) is 0 Å². The molecule has 0 fully saturated rings. The van der Waals surface area contributed by atoms with Gasteiger partial charge in [0.05, 0.1) is 5.02 Å². The van der Waals surface area contributed by atoms with E-state index in [1.165, 1.54) is 0 Å². The van der Waals surface area contributed by atoms with Crippen LogP contribution in [0.15, 0.2) is 24.3 Å². The van der Waals surface area contributed by atoms with Gasteiger partial charge in [-0.15, -0.1) is 0 Å². The highest BCUT2D eigenvalue weighted by Gasteiger charge is 2.08. The van der Waals surface area contributed by atoms with Gasteiger partial charge < -0.3 is 10.1 Å². The van der Waals surface area contributed by atoms with Crippen LogP contribution >= 0.6 is 23.2 Å². The third kappa shape index (κ3) is 2.83. The maximum absolute atomic E-state index is 6.04. The van der Waals surface area contributed by atoms with E-state index >= 15 is 0 Å². The Morgan fingerprint density at radius 1 is 1.22 bits per heavy atom. The lowest BCUT2D eigenvalue weighted by molar-refractivity contribution is 0.460. The zero-order valence-electron chi connectivity index (χ0n) is 9.87. The first-order chi connectivity index (χ1) is 8.60. The van der Waals surface area contributed by atoms with Gasteiger partial charge in [0.2, 0.25) is 5.88 Å². The molecule has 0 spiro atoms. The minimum absolute atomic E-state index is 0.362. The minimum atomic E-state index is 0.362. The number of anilines is 1. The molecule has 0 amide bonds. The van der Waals surface area contributed by atoms with Crippen molar-refractivity contribution in [3.8, 4) is 11.6 Å². The molecule has 1 heterocycles. The fourth-order valence-electron chi connectivity index (χ4n) is 1.40. The standard InChI is InChI=1S/C12H11Cl2N3O/c1-7-16-10(15-2)6-11(17-7)18-9-5-3-4-8(13)12(9)14/h3-6H,1-2H3,(H,15,16,17). The van der Waals surface area contributed by atoms with Crippen LogP contribution in [0.4, 0.5) is 5.82 Å². The van der Waals surface area contributed by atoms with Crippen molar-refractivity contribution in [1.29, 1.82) is 0 Å². The van der Waals surface area contributed by atoms with E-state index in [1.807, 2.05) is 0 Å². The van der Waals surface area contributed by atoms with Crippen LogP contribution in [0.1, 0.15) is 5.82 Å². The van der Waals surface area contributed by atoms with Crippen LogP contribution in [0, 0.1) is 6.92 Å². The molecular formula is C12H11Cl2N3O. The predicted octanol–water partition coefficient (Wildman–Crippen LogP) is 3.93. The monoisotopic (exact) mass is 283 g/mol. The number of hydrogen-bond donors (Lipinski definition) is 1. The van der Waals surface area contributed by atoms with E-state index in [0.29, 0.717) is 33.3 Å². The molecule has 0 aliphatic carbocycles. The Bertz CT molecular complexity index is 575. The van der Waals surface area contributed by atoms with Crippen molar-refractivity contribution >= 4 is 29.0 Å². The quantitative estimate of drug-likeness (QED) is 0.927. The van der Waals surface area contributed by atoms with E-state index in [-0.39, 0.29) is 0 Å². The highest BCUT2D eigenvalue weighted by molar-refractivity contribution is 6.42. The van der Waals surface area contributed by atoms with Crippen molar-refractivity contribution < 1.29 is 4.74 Å². The van der Waals surface area contributed by atoms with Gasteiger partial charge in [-0.1, -0.05) is 29.3 Å². The van der Waals surface area contributed by atoms with Crippen LogP contribution in [-0.2, 0) is 0 Å². The van der Waals surface area contributed by atoms with Gasteiger partial charge in [0.15, 0.2) is 0 Å². The average molecular weight is 284 g/mol. The van der Waals surface area contributed by atoms with Gasteiger partial charge in [-0.2, -0.15) is 4.98 Å². The van der Waals surface area contributed by atoms with Gasteiger partial charge in [-0.3, -0.25) is 0 Å². The van der Waals surface area contributed by atoms with Crippen LogP contribution in [0.5, 0.6) is 11.6 Å². The van der Waals surface area contributed by atoms with E-state index in [9.17, 15) is 0 Å². The van der Waals surface area contributed by atoms with Crippen molar-refractivity contribution in [2.75, 3.05) is 12.4 Å². The van der Waals surface area contributed by atoms with Crippen molar-refractivity contribution in [1.82, 2.24) is 9.97 Å². The fourth-order valence-corrected chi connectivity index (χ4v) is 1.73. The van der Waals surface area contributed by atoms with Crippen LogP contribution < -0.4 is 10.1 Å². The highest BCUT2D eigenvalue weighted by Crippen LogP contribution is 2.34. The van der Waals surface area contributed by atoms with Crippen LogP contribution in [0.2, 0.25) is 10.0 Å². The number of aryl methyl sites for hydroxylation is 1. The zero-order valence-corrected chi connectivity index (χ0v) is 11.4. The van der Waals surface area contributed by atoms with Gasteiger partial charge in [0, 0.05) is 13.1 Å². The maximum atomic E-state index is 6.04. The second kappa shape index (κ2) is 5.42. The van der Waals surface area contributed by atoms with Crippen molar-refractivity contribution in [3.63, 3.8) is 0 Å². The van der Waals surface area contributed by atoms with Gasteiger partial charge in [-0.25, -0.2) is 4.98 Å². The number of nitrogens with zero attached hydrogens (tertiary/aromatic N) is 2. The lowest BCUT2D eigenvalue weighted by atomic mass is 10.3. The Balaban J connectivity index is 2.34. The molecule has 1 N–H and O–H groups in total. The van der Waals surface area contributed by atoms with Crippen molar-refractivity contribution in [3.05, 3.63) is 40.1 Å². The summed E-state index contributed by atoms with van der Waals surface area (Å²) in [6, 6.07) is 6.87. The third-order valence-corrected chi connectivity index (χ3v) is 3.00. The van der Waals surface area contributed by atoms with Gasteiger partial charge in [0.1, 0.15) is 22.4 Å². The summed E-state index contributed by atoms with van der Waals surface area (Å²) >= 11 is 12.0. The van der Waals surface area contributed by atoms with E-state index < -0.39 is 0 Å². The second-order valence-corrected chi connectivity index (χ2v) is 4.33. The molecule has 0 aliphatic rings. The molecule has 18 heavy (non-hydrogen) atoms. The van der Waals surface area contributed by atoms with E-state index in [4.69, 9.17) is 27.9 Å². The number of benzene rings is 1. The Labute approximate surface area is 115 Å². The number of nitrogens with one attached hydrogen (secondary N) is 1. The fraction of sp³-hybridized carbons (Fsp3) is 0.167. The first kappa shape index (κ1) is 12.9. The summed E-state index contributed by atoms with van der Waals surface area (Å²) in [4.78, 5) is 8.35. The van der Waals surface area contributed by atoms with E-state index in [1.54, 1.807) is 38.2 Å². The number of hydrogen-bond acceptors (Lipinski definition) is 4. The average Bonchev–Trinajstić information content (AvgIpc) is 2.34. The van der Waals surface area contributed by atoms with Crippen molar-refractivity contribution in [2.45, 2.75) is 6.92 Å². The summed E-state index contributed by atoms with van der Waals surface area (Å²) in [5.41, 5.74) is 0. The largest absolute Gasteiger partial charge is 0.437 e. The molecule has 0 saturated heterocycles. The SMILES string of the molecule is CNc1cc(Oc2cccc(Cl)c2Cl)nc(C)n1. The molecule has 1 aromatic heterocycles. The summed E-state index contributed by atoms with van der Waals surface area (Å²) < 4.78 is 5.61. The summed E-state index contributed by atoms with van der Waals surface area (Å²) in [7, 11) is 1.78. The first-order valence-electron chi connectivity index (χ1n) is 5.25. The molecule has 1 aromatic carbocycles. The molecule has 0 radical (unpaired) electrons. The molecule has 0 aliphatic heterocycles. The molecule has 0 unspecified atom stereocenters. The second-order valence-electron chi connectivity index (χ2n) is 3.54. The van der Waals surface area contributed by atoms with Crippen molar-refractivity contribution in [2.24, 2.45) is 0 Å². The molecule has 4 nitrogen and oxygen atoms in total. The van der Waals surface area contributed by atoms with Crippen LogP contribution in [0.3, 0.4) is 0 Å². The Morgan fingerprint density at radius 2 is 2.00 bits per heavy atom. The molecule has 94 valence electrons. The zero-order chi connectivity index (χ0) is 13.1. The lowest BCUT2D eigenvalue weighted by Crippen LogP contribution is -1.98. The van der Waals surface area contributed by atoms with Gasteiger partial charge in [-0.05, 0) is 19.1 Å². The lowest BCUT2D eigenvalue weighted by Gasteiger charge is -2.09. The molecule has 0 saturated carbocycles. The Kier molecular flexibility index (Phi) is 3.89. The molecule has 2 rings (SSSR count). The normalized spacial score (nSPS) is 10.2. The first-order valence-corrected chi connectivity index (χ1v) is 6.01. The predicted molar refractivity (Wildman–Crippen MR) is 72.9 cm³/mol. The number of ether oxygens (including phenoxy) is 1.